The topological polar surface area (TPSA) is 65.4 Å². The molecule has 0 amide bonds. The van der Waals surface area contributed by atoms with E-state index in [4.69, 9.17) is 16.6 Å². The van der Waals surface area contributed by atoms with Gasteiger partial charge in [0.05, 0.1) is 10.0 Å². The summed E-state index contributed by atoms with van der Waals surface area (Å²) in [5, 5.41) is 10.9. The van der Waals surface area contributed by atoms with Crippen LogP contribution in [0.3, 0.4) is 0 Å². The molecule has 1 unspecified atom stereocenters. The highest BCUT2D eigenvalue weighted by molar-refractivity contribution is 14.0. The van der Waals surface area contributed by atoms with Crippen LogP contribution in [-0.4, -0.2) is 48.1 Å². The van der Waals surface area contributed by atoms with Crippen LogP contribution in [0, 0.1) is 6.92 Å². The van der Waals surface area contributed by atoms with E-state index in [1.807, 2.05) is 19.1 Å². The van der Waals surface area contributed by atoms with Crippen molar-refractivity contribution >= 4 is 58.7 Å². The summed E-state index contributed by atoms with van der Waals surface area (Å²) in [5.74, 6) is 1.75. The first-order valence-corrected chi connectivity index (χ1v) is 10.7. The second-order valence-electron chi connectivity index (χ2n) is 6.63. The molecule has 1 aliphatic heterocycles. The molecule has 0 radical (unpaired) electrons. The van der Waals surface area contributed by atoms with Crippen molar-refractivity contribution in [1.82, 2.24) is 20.6 Å². The number of guanidine groups is 1. The fraction of sp³-hybridized carbons (Fsp3) is 0.526. The number of aliphatic imine (C=N–C) groups is 1. The first-order chi connectivity index (χ1) is 13.2. The van der Waals surface area contributed by atoms with Gasteiger partial charge in [0.25, 0.3) is 0 Å². The number of aryl methyl sites for hydroxylation is 2. The summed E-state index contributed by atoms with van der Waals surface area (Å²) in [6, 6.07) is 4.09. The van der Waals surface area contributed by atoms with E-state index in [-0.39, 0.29) is 24.0 Å². The average Bonchev–Trinajstić information content (AvgIpc) is 3.28. The van der Waals surface area contributed by atoms with Gasteiger partial charge in [0.2, 0.25) is 0 Å². The Labute approximate surface area is 193 Å². The Morgan fingerprint density at radius 2 is 2.32 bits per heavy atom. The third-order valence-electron chi connectivity index (χ3n) is 4.40. The molecule has 2 aromatic heterocycles. The minimum Gasteiger partial charge on any atom is -0.357 e. The minimum atomic E-state index is 0. The van der Waals surface area contributed by atoms with Gasteiger partial charge in [0.15, 0.2) is 5.96 Å². The number of rotatable bonds is 7. The number of hydrogen-bond donors (Lipinski definition) is 2. The van der Waals surface area contributed by atoms with E-state index in [1.165, 1.54) is 5.01 Å². The lowest BCUT2D eigenvalue weighted by Gasteiger charge is -2.20. The fourth-order valence-corrected chi connectivity index (χ4v) is 4.19. The number of anilines is 1. The maximum Gasteiger partial charge on any atom is 0.191 e. The van der Waals surface area contributed by atoms with Crippen molar-refractivity contribution in [1.29, 1.82) is 0 Å². The zero-order valence-electron chi connectivity index (χ0n) is 16.3. The van der Waals surface area contributed by atoms with Crippen molar-refractivity contribution in [3.8, 4) is 0 Å². The van der Waals surface area contributed by atoms with Gasteiger partial charge in [-0.1, -0.05) is 11.6 Å². The second kappa shape index (κ2) is 11.8. The molecule has 154 valence electrons. The second-order valence-corrected chi connectivity index (χ2v) is 7.98. The van der Waals surface area contributed by atoms with Crippen LogP contribution in [-0.2, 0) is 6.42 Å². The van der Waals surface area contributed by atoms with Crippen molar-refractivity contribution in [2.24, 2.45) is 4.99 Å². The van der Waals surface area contributed by atoms with Crippen molar-refractivity contribution in [3.05, 3.63) is 39.4 Å². The molecular formula is C19H28ClIN6S. The van der Waals surface area contributed by atoms with Gasteiger partial charge in [-0.05, 0) is 38.8 Å². The van der Waals surface area contributed by atoms with Crippen molar-refractivity contribution in [3.63, 3.8) is 0 Å². The summed E-state index contributed by atoms with van der Waals surface area (Å²) < 4.78 is 0. The summed E-state index contributed by atoms with van der Waals surface area (Å²) in [4.78, 5) is 15.9. The highest BCUT2D eigenvalue weighted by Crippen LogP contribution is 2.25. The number of aromatic nitrogens is 2. The quantitative estimate of drug-likeness (QED) is 0.244. The zero-order valence-corrected chi connectivity index (χ0v) is 20.2. The SMILES string of the molecule is CCNC(=NCCCc1nc(C)cs1)NC1CCN(c2ncccc2Cl)C1.I. The first-order valence-electron chi connectivity index (χ1n) is 9.47. The van der Waals surface area contributed by atoms with Gasteiger partial charge in [-0.3, -0.25) is 4.99 Å². The minimum absolute atomic E-state index is 0. The van der Waals surface area contributed by atoms with Gasteiger partial charge >= 0.3 is 0 Å². The normalized spacial score (nSPS) is 16.8. The monoisotopic (exact) mass is 534 g/mol. The third kappa shape index (κ3) is 6.73. The maximum atomic E-state index is 6.28. The molecule has 0 spiro atoms. The Balaban J connectivity index is 0.00000280. The summed E-state index contributed by atoms with van der Waals surface area (Å²) in [5.41, 5.74) is 1.10. The molecular weight excluding hydrogens is 507 g/mol. The van der Waals surface area contributed by atoms with Crippen LogP contribution in [0.5, 0.6) is 0 Å². The molecule has 28 heavy (non-hydrogen) atoms. The number of pyridine rings is 1. The average molecular weight is 535 g/mol. The molecule has 1 aliphatic rings. The predicted octanol–water partition coefficient (Wildman–Crippen LogP) is 3.88. The molecule has 3 heterocycles. The molecule has 2 aromatic rings. The maximum absolute atomic E-state index is 6.28. The smallest absolute Gasteiger partial charge is 0.191 e. The van der Waals surface area contributed by atoms with Crippen molar-refractivity contribution in [2.75, 3.05) is 31.1 Å². The molecule has 1 atom stereocenters. The van der Waals surface area contributed by atoms with Gasteiger partial charge in [0.1, 0.15) is 5.82 Å². The molecule has 2 N–H and O–H groups in total. The van der Waals surface area contributed by atoms with E-state index in [0.717, 1.165) is 62.9 Å². The molecule has 0 aromatic carbocycles. The van der Waals surface area contributed by atoms with Gasteiger partial charge in [-0.2, -0.15) is 0 Å². The molecule has 6 nitrogen and oxygen atoms in total. The lowest BCUT2D eigenvalue weighted by molar-refractivity contribution is 0.647. The Kier molecular flexibility index (Phi) is 9.73. The van der Waals surface area contributed by atoms with E-state index in [0.29, 0.717) is 11.1 Å². The van der Waals surface area contributed by atoms with E-state index >= 15 is 0 Å². The van der Waals surface area contributed by atoms with Gasteiger partial charge < -0.3 is 15.5 Å². The van der Waals surface area contributed by atoms with Crippen LogP contribution in [0.2, 0.25) is 5.02 Å². The summed E-state index contributed by atoms with van der Waals surface area (Å²) in [7, 11) is 0. The lowest BCUT2D eigenvalue weighted by atomic mass is 10.3. The van der Waals surface area contributed by atoms with Crippen LogP contribution in [0.25, 0.3) is 0 Å². The van der Waals surface area contributed by atoms with E-state index in [2.05, 4.69) is 37.8 Å². The molecule has 0 saturated carbocycles. The fourth-order valence-electron chi connectivity index (χ4n) is 3.13. The van der Waals surface area contributed by atoms with E-state index in [1.54, 1.807) is 17.5 Å². The number of nitrogens with one attached hydrogen (secondary N) is 2. The lowest BCUT2D eigenvalue weighted by Crippen LogP contribution is -2.44. The van der Waals surface area contributed by atoms with Crippen molar-refractivity contribution in [2.45, 2.75) is 39.2 Å². The molecule has 1 saturated heterocycles. The van der Waals surface area contributed by atoms with Gasteiger partial charge in [-0.15, -0.1) is 35.3 Å². The third-order valence-corrected chi connectivity index (χ3v) is 5.72. The Hall–Kier alpha value is -1.13. The number of halogens is 2. The zero-order chi connectivity index (χ0) is 19.1. The van der Waals surface area contributed by atoms with Crippen LogP contribution in [0.4, 0.5) is 5.82 Å². The Bertz CT molecular complexity index is 768. The van der Waals surface area contributed by atoms with Crippen LogP contribution in [0.15, 0.2) is 28.7 Å². The van der Waals surface area contributed by atoms with Crippen LogP contribution in [0.1, 0.15) is 30.5 Å². The first kappa shape index (κ1) is 23.2. The number of hydrogen-bond acceptors (Lipinski definition) is 5. The Morgan fingerprint density at radius 1 is 1.46 bits per heavy atom. The van der Waals surface area contributed by atoms with Crippen LogP contribution < -0.4 is 15.5 Å². The summed E-state index contributed by atoms with van der Waals surface area (Å²) in [6.07, 6.45) is 4.81. The molecule has 1 fully saturated rings. The Morgan fingerprint density at radius 3 is 3.04 bits per heavy atom. The largest absolute Gasteiger partial charge is 0.357 e. The van der Waals surface area contributed by atoms with E-state index < -0.39 is 0 Å². The standard InChI is InChI=1S/C19H27ClN6S.HI/c1-3-21-19(23-10-5-7-17-24-14(2)13-27-17)25-15-8-11-26(12-15)18-16(20)6-4-9-22-18;/h4,6,9,13,15H,3,5,7-8,10-12H2,1-2H3,(H2,21,23,25);1H. The van der Waals surface area contributed by atoms with Gasteiger partial charge in [0, 0.05) is 55.9 Å². The van der Waals surface area contributed by atoms with E-state index in [9.17, 15) is 0 Å². The van der Waals surface area contributed by atoms with Crippen molar-refractivity contribution < 1.29 is 0 Å². The van der Waals surface area contributed by atoms with Crippen LogP contribution >= 0.6 is 46.9 Å². The predicted molar refractivity (Wildman–Crippen MR) is 130 cm³/mol. The molecule has 0 bridgehead atoms. The molecule has 0 aliphatic carbocycles. The number of thiazole rings is 1. The molecule has 3 rings (SSSR count). The molecule has 9 heteroatoms. The summed E-state index contributed by atoms with van der Waals surface area (Å²) in [6.45, 7) is 7.58. The highest BCUT2D eigenvalue weighted by atomic mass is 127. The highest BCUT2D eigenvalue weighted by Gasteiger charge is 2.25. The summed E-state index contributed by atoms with van der Waals surface area (Å²) >= 11 is 8.01. The van der Waals surface area contributed by atoms with Gasteiger partial charge in [-0.25, -0.2) is 9.97 Å². The number of nitrogens with zero attached hydrogens (tertiary/aromatic N) is 4.